The number of carbonyl (C=O) groups is 2. The Hall–Kier alpha value is -3.11. The highest BCUT2D eigenvalue weighted by Gasteiger charge is 2.25. The van der Waals surface area contributed by atoms with Gasteiger partial charge in [-0.2, -0.15) is 4.31 Å². The van der Waals surface area contributed by atoms with E-state index in [2.05, 4.69) is 5.32 Å². The van der Waals surface area contributed by atoms with Gasteiger partial charge in [0.05, 0.1) is 24.2 Å². The number of anilines is 1. The van der Waals surface area contributed by atoms with Gasteiger partial charge in [-0.25, -0.2) is 13.2 Å². The predicted octanol–water partition coefficient (Wildman–Crippen LogP) is 3.45. The zero-order valence-electron chi connectivity index (χ0n) is 19.4. The Balaban J connectivity index is 1.61. The van der Waals surface area contributed by atoms with Crippen LogP contribution < -0.4 is 14.8 Å². The lowest BCUT2D eigenvalue weighted by molar-refractivity contribution is -0.119. The van der Waals surface area contributed by atoms with Crippen LogP contribution in [0, 0.1) is 0 Å². The lowest BCUT2D eigenvalue weighted by Crippen LogP contribution is -2.32. The van der Waals surface area contributed by atoms with Crippen molar-refractivity contribution in [3.05, 3.63) is 48.0 Å². The number of amides is 1. The van der Waals surface area contributed by atoms with Crippen molar-refractivity contribution in [3.8, 4) is 11.5 Å². The molecule has 1 aliphatic heterocycles. The Kier molecular flexibility index (Phi) is 8.89. The molecule has 0 atom stereocenters. The van der Waals surface area contributed by atoms with E-state index in [0.29, 0.717) is 36.9 Å². The third kappa shape index (κ3) is 6.48. The van der Waals surface area contributed by atoms with Crippen LogP contribution in [0.4, 0.5) is 5.69 Å². The fraction of sp³-hybridized carbons (Fsp3) is 0.417. The molecular weight excluding hydrogens is 460 g/mol. The Morgan fingerprint density at radius 2 is 1.74 bits per heavy atom. The van der Waals surface area contributed by atoms with E-state index in [1.54, 1.807) is 18.2 Å². The average Bonchev–Trinajstić information content (AvgIpc) is 3.13. The average molecular weight is 491 g/mol. The molecule has 1 saturated heterocycles. The van der Waals surface area contributed by atoms with Crippen LogP contribution in [0.5, 0.6) is 11.5 Å². The summed E-state index contributed by atoms with van der Waals surface area (Å²) in [5, 5.41) is 2.58. The van der Waals surface area contributed by atoms with E-state index in [4.69, 9.17) is 14.2 Å². The van der Waals surface area contributed by atoms with Crippen LogP contribution in [0.2, 0.25) is 0 Å². The summed E-state index contributed by atoms with van der Waals surface area (Å²) in [6.07, 6.45) is 3.71. The number of nitrogens with one attached hydrogen (secondary N) is 1. The lowest BCUT2D eigenvalue weighted by atomic mass is 10.2. The van der Waals surface area contributed by atoms with Gasteiger partial charge in [0.2, 0.25) is 10.0 Å². The molecule has 2 aromatic rings. The number of carbonyl (C=O) groups excluding carboxylic acids is 2. The Labute approximate surface area is 200 Å². The lowest BCUT2D eigenvalue weighted by Gasteiger charge is -2.20. The predicted molar refractivity (Wildman–Crippen MR) is 127 cm³/mol. The highest BCUT2D eigenvalue weighted by molar-refractivity contribution is 7.89. The largest absolute Gasteiger partial charge is 0.493 e. The zero-order valence-corrected chi connectivity index (χ0v) is 20.2. The molecule has 0 radical (unpaired) electrons. The molecule has 2 aromatic carbocycles. The smallest absolute Gasteiger partial charge is 0.338 e. The minimum absolute atomic E-state index is 0.117. The quantitative estimate of drug-likeness (QED) is 0.536. The fourth-order valence-corrected chi connectivity index (χ4v) is 5.21. The molecule has 34 heavy (non-hydrogen) atoms. The Morgan fingerprint density at radius 3 is 2.41 bits per heavy atom. The number of rotatable bonds is 9. The van der Waals surface area contributed by atoms with Crippen molar-refractivity contribution in [1.82, 2.24) is 4.31 Å². The number of benzene rings is 2. The van der Waals surface area contributed by atoms with Gasteiger partial charge >= 0.3 is 5.97 Å². The van der Waals surface area contributed by atoms with Gasteiger partial charge in [0, 0.05) is 18.8 Å². The first-order chi connectivity index (χ1) is 16.3. The van der Waals surface area contributed by atoms with E-state index in [-0.39, 0.29) is 10.5 Å². The number of methoxy groups -OCH3 is 1. The Morgan fingerprint density at radius 1 is 1.00 bits per heavy atom. The van der Waals surface area contributed by atoms with Crippen molar-refractivity contribution in [2.24, 2.45) is 0 Å². The Bertz CT molecular complexity index is 1110. The summed E-state index contributed by atoms with van der Waals surface area (Å²) in [6.45, 7) is 2.65. The van der Waals surface area contributed by atoms with Crippen LogP contribution in [0.15, 0.2) is 47.4 Å². The van der Waals surface area contributed by atoms with Gasteiger partial charge in [-0.3, -0.25) is 4.79 Å². The van der Waals surface area contributed by atoms with Crippen LogP contribution in [0.3, 0.4) is 0 Å². The highest BCUT2D eigenvalue weighted by atomic mass is 32.2. The summed E-state index contributed by atoms with van der Waals surface area (Å²) in [6, 6.07) is 10.7. The van der Waals surface area contributed by atoms with Crippen molar-refractivity contribution >= 4 is 27.6 Å². The summed E-state index contributed by atoms with van der Waals surface area (Å²) < 4.78 is 43.2. The van der Waals surface area contributed by atoms with Crippen LogP contribution in [0.25, 0.3) is 0 Å². The van der Waals surface area contributed by atoms with E-state index in [9.17, 15) is 18.0 Å². The van der Waals surface area contributed by atoms with Crippen molar-refractivity contribution in [1.29, 1.82) is 0 Å². The van der Waals surface area contributed by atoms with Gasteiger partial charge in [0.15, 0.2) is 18.1 Å². The second-order valence-corrected chi connectivity index (χ2v) is 9.71. The van der Waals surface area contributed by atoms with Crippen LogP contribution >= 0.6 is 0 Å². The summed E-state index contributed by atoms with van der Waals surface area (Å²) in [7, 11) is -2.15. The summed E-state index contributed by atoms with van der Waals surface area (Å²) in [5.74, 6) is -0.412. The molecule has 1 heterocycles. The van der Waals surface area contributed by atoms with Gasteiger partial charge in [-0.05, 0) is 56.2 Å². The van der Waals surface area contributed by atoms with E-state index >= 15 is 0 Å². The van der Waals surface area contributed by atoms with Crippen LogP contribution in [-0.2, 0) is 19.6 Å². The molecule has 0 aromatic heterocycles. The topological polar surface area (TPSA) is 111 Å². The fourth-order valence-electron chi connectivity index (χ4n) is 3.65. The molecule has 9 nitrogen and oxygen atoms in total. The van der Waals surface area contributed by atoms with Crippen LogP contribution in [0.1, 0.15) is 43.0 Å². The maximum Gasteiger partial charge on any atom is 0.338 e. The van der Waals surface area contributed by atoms with Gasteiger partial charge in [-0.15, -0.1) is 0 Å². The van der Waals surface area contributed by atoms with Crippen molar-refractivity contribution < 1.29 is 32.2 Å². The molecule has 1 amide bonds. The zero-order chi connectivity index (χ0) is 24.6. The normalized spacial score (nSPS) is 14.6. The number of nitrogens with zero attached hydrogens (tertiary/aromatic N) is 1. The number of hydrogen-bond acceptors (Lipinski definition) is 7. The molecule has 3 rings (SSSR count). The number of hydrogen-bond donors (Lipinski definition) is 1. The molecule has 0 aliphatic carbocycles. The summed E-state index contributed by atoms with van der Waals surface area (Å²) >= 11 is 0. The third-order valence-electron chi connectivity index (χ3n) is 5.35. The number of esters is 1. The molecule has 0 spiro atoms. The second-order valence-electron chi connectivity index (χ2n) is 7.77. The minimum atomic E-state index is -3.65. The van der Waals surface area contributed by atoms with Crippen molar-refractivity contribution in [3.63, 3.8) is 0 Å². The van der Waals surface area contributed by atoms with E-state index in [1.165, 1.54) is 35.7 Å². The number of sulfonamides is 1. The SMILES string of the molecule is CCOc1cc(C(=O)OCC(=O)Nc2cccc(S(=O)(=O)N3CCCCCC3)c2)ccc1OC. The van der Waals surface area contributed by atoms with Gasteiger partial charge < -0.3 is 19.5 Å². The minimum Gasteiger partial charge on any atom is -0.493 e. The van der Waals surface area contributed by atoms with E-state index in [1.807, 2.05) is 6.92 Å². The van der Waals surface area contributed by atoms with Crippen molar-refractivity contribution in [2.75, 3.05) is 38.7 Å². The van der Waals surface area contributed by atoms with E-state index in [0.717, 1.165) is 25.7 Å². The summed E-state index contributed by atoms with van der Waals surface area (Å²) in [4.78, 5) is 24.8. The molecule has 0 saturated carbocycles. The van der Waals surface area contributed by atoms with Gasteiger partial charge in [0.1, 0.15) is 0 Å². The molecule has 0 bridgehead atoms. The first kappa shape index (κ1) is 25.5. The molecule has 1 fully saturated rings. The van der Waals surface area contributed by atoms with Gasteiger partial charge in [0.25, 0.3) is 5.91 Å². The second kappa shape index (κ2) is 11.8. The molecule has 1 aliphatic rings. The number of ether oxygens (including phenoxy) is 3. The summed E-state index contributed by atoms with van der Waals surface area (Å²) in [5.41, 5.74) is 0.516. The highest BCUT2D eigenvalue weighted by Crippen LogP contribution is 2.28. The molecule has 10 heteroatoms. The van der Waals surface area contributed by atoms with Crippen LogP contribution in [-0.4, -0.2) is 58.0 Å². The third-order valence-corrected chi connectivity index (χ3v) is 7.25. The molecule has 184 valence electrons. The maximum absolute atomic E-state index is 13.0. The van der Waals surface area contributed by atoms with Gasteiger partial charge in [-0.1, -0.05) is 18.9 Å². The molecule has 0 unspecified atom stereocenters. The standard InChI is InChI=1S/C24H30N2O7S/c1-3-32-22-15-18(11-12-21(22)31-2)24(28)33-17-23(27)25-19-9-8-10-20(16-19)34(29,30)26-13-6-4-5-7-14-26/h8-12,15-16H,3-7,13-14,17H2,1-2H3,(H,25,27). The first-order valence-corrected chi connectivity index (χ1v) is 12.7. The monoisotopic (exact) mass is 490 g/mol. The molecular formula is C24H30N2O7S. The first-order valence-electron chi connectivity index (χ1n) is 11.2. The van der Waals surface area contributed by atoms with E-state index < -0.39 is 28.5 Å². The van der Waals surface area contributed by atoms with Crippen molar-refractivity contribution in [2.45, 2.75) is 37.5 Å². The maximum atomic E-state index is 13.0. The molecule has 1 N–H and O–H groups in total.